The van der Waals surface area contributed by atoms with Gasteiger partial charge in [0.25, 0.3) is 0 Å². The number of likely N-dealkylation sites (tertiary alicyclic amines) is 3. The summed E-state index contributed by atoms with van der Waals surface area (Å²) in [6.07, 6.45) is 14.6. The molecule has 10 rings (SSSR count). The van der Waals surface area contributed by atoms with Crippen LogP contribution in [-0.4, -0.2) is 282 Å². The largest absolute Gasteiger partial charge is 0.379 e. The Morgan fingerprint density at radius 3 is 1.26 bits per heavy atom. The van der Waals surface area contributed by atoms with Crippen LogP contribution in [0.1, 0.15) is 235 Å². The molecule has 10 heterocycles. The molecule has 0 aliphatic carbocycles. The van der Waals surface area contributed by atoms with Crippen LogP contribution in [0, 0.1) is 47.3 Å². The molecule has 8 fully saturated rings. The average molecular weight is 1360 g/mol. The summed E-state index contributed by atoms with van der Waals surface area (Å²) in [5, 5.41) is 27.5. The highest BCUT2D eigenvalue weighted by atomic mass is 16.5. The number of nitrogens with one attached hydrogen (secondary N) is 4. The molecule has 0 amide bonds. The van der Waals surface area contributed by atoms with Gasteiger partial charge in [0.1, 0.15) is 12.7 Å². The summed E-state index contributed by atoms with van der Waals surface area (Å²) in [6, 6.07) is 4.58. The molecule has 0 saturated carbocycles. The minimum absolute atomic E-state index is 0.369. The second-order valence-corrected chi connectivity index (χ2v) is 32.3. The van der Waals surface area contributed by atoms with E-state index in [1.165, 1.54) is 169 Å². The summed E-state index contributed by atoms with van der Waals surface area (Å²) in [5.41, 5.74) is 0. The fraction of sp³-hybridized carbons (Fsp3) is 0.961. The van der Waals surface area contributed by atoms with E-state index in [1.807, 2.05) is 13.8 Å². The van der Waals surface area contributed by atoms with E-state index in [-0.39, 0.29) is 0 Å². The van der Waals surface area contributed by atoms with Crippen molar-refractivity contribution in [1.29, 1.82) is 0 Å². The predicted octanol–water partition coefficient (Wildman–Crippen LogP) is 12.3. The number of nitrogens with zero attached hydrogens (tertiary/aromatic N) is 14. The summed E-state index contributed by atoms with van der Waals surface area (Å²) >= 11 is 0. The lowest BCUT2D eigenvalue weighted by Crippen LogP contribution is -2.55. The summed E-state index contributed by atoms with van der Waals surface area (Å²) in [6.45, 7) is 83.1. The Kier molecular flexibility index (Phi) is 52.0. The van der Waals surface area contributed by atoms with Gasteiger partial charge >= 0.3 is 0 Å². The van der Waals surface area contributed by atoms with Crippen molar-refractivity contribution in [3.05, 3.63) is 18.5 Å². The minimum Gasteiger partial charge on any atom is -0.379 e. The Labute approximate surface area is 595 Å². The van der Waals surface area contributed by atoms with Crippen molar-refractivity contribution in [2.24, 2.45) is 47.3 Å². The van der Waals surface area contributed by atoms with Crippen molar-refractivity contribution in [3.63, 3.8) is 0 Å². The zero-order chi connectivity index (χ0) is 72.1. The molecule has 2 aromatic heterocycles. The van der Waals surface area contributed by atoms with Crippen LogP contribution in [0.5, 0.6) is 0 Å². The molecule has 0 aromatic carbocycles. The second-order valence-electron chi connectivity index (χ2n) is 32.3. The number of hydrogen-bond donors (Lipinski definition) is 4. The number of likely N-dealkylation sites (N-methyl/N-ethyl adjacent to an activating group) is 1. The lowest BCUT2D eigenvalue weighted by molar-refractivity contribution is 0.0238. The Morgan fingerprint density at radius 2 is 0.906 bits per heavy atom. The number of tetrazole rings is 1. The van der Waals surface area contributed by atoms with E-state index in [4.69, 9.17) is 4.74 Å². The molecule has 8 saturated heterocycles. The highest BCUT2D eigenvalue weighted by molar-refractivity contribution is 4.84. The van der Waals surface area contributed by atoms with Crippen LogP contribution in [0.4, 0.5) is 0 Å². The van der Waals surface area contributed by atoms with Gasteiger partial charge in [0.05, 0.1) is 13.2 Å². The topological polar surface area (TPSA) is 156 Å². The lowest BCUT2D eigenvalue weighted by Gasteiger charge is -2.38. The monoisotopic (exact) mass is 1360 g/mol. The second kappa shape index (κ2) is 54.4. The molecule has 0 radical (unpaired) electrons. The molecule has 568 valence electrons. The van der Waals surface area contributed by atoms with Gasteiger partial charge in [-0.1, -0.05) is 88.3 Å². The van der Waals surface area contributed by atoms with E-state index in [0.717, 1.165) is 105 Å². The van der Waals surface area contributed by atoms with Gasteiger partial charge in [-0.05, 0) is 248 Å². The number of aromatic nitrogens is 7. The number of aromatic amines is 1. The number of ether oxygens (including phenoxy) is 1. The predicted molar refractivity (Wildman–Crippen MR) is 414 cm³/mol. The third kappa shape index (κ3) is 43.5. The molecule has 96 heavy (non-hydrogen) atoms. The normalized spacial score (nSPS) is 23.5. The first kappa shape index (κ1) is 91.7. The van der Waals surface area contributed by atoms with E-state index in [2.05, 4.69) is 252 Å². The molecule has 19 heteroatoms. The van der Waals surface area contributed by atoms with Gasteiger partial charge in [0.15, 0.2) is 5.82 Å². The number of hydrogen-bond acceptors (Lipinski definition) is 17. The van der Waals surface area contributed by atoms with Crippen molar-refractivity contribution in [1.82, 2.24) is 90.5 Å². The number of rotatable bonds is 12. The van der Waals surface area contributed by atoms with E-state index in [0.29, 0.717) is 36.1 Å². The molecule has 0 spiro atoms. The molecular formula is C77H164N18O. The minimum atomic E-state index is 0.369. The summed E-state index contributed by atoms with van der Waals surface area (Å²) in [5.74, 6) is 8.59. The van der Waals surface area contributed by atoms with Crippen LogP contribution in [0.15, 0.2) is 12.7 Å². The maximum Gasteiger partial charge on any atom is 0.177 e. The van der Waals surface area contributed by atoms with Crippen LogP contribution in [0.25, 0.3) is 0 Å². The van der Waals surface area contributed by atoms with Crippen LogP contribution in [0.2, 0.25) is 0 Å². The quantitative estimate of drug-likeness (QED) is 0.159. The molecule has 4 unspecified atom stereocenters. The molecule has 4 N–H and O–H groups in total. The zero-order valence-corrected chi connectivity index (χ0v) is 68.2. The van der Waals surface area contributed by atoms with Gasteiger partial charge in [-0.2, -0.15) is 10.3 Å². The van der Waals surface area contributed by atoms with Crippen LogP contribution < -0.4 is 16.0 Å². The van der Waals surface area contributed by atoms with E-state index >= 15 is 0 Å². The SMILES string of the molecule is CC(C)C1CCCN(C)C1.CC(C)C1CCN(C)CC1.CC(C)C1CCNCC1.CC(C)N1CCNCC1.CC(C)N1CCOCC1.CC(C)c1nn[nH]n1.CC(C)n1cncn1.CC1CN(C(C)C)CC(C)N1.CCN1CCCC(C(C)C)C1.CCN1CCN(C(C)C)CC1. The summed E-state index contributed by atoms with van der Waals surface area (Å²) in [4.78, 5) is 23.8. The van der Waals surface area contributed by atoms with Gasteiger partial charge in [0, 0.05) is 140 Å². The molecular weight excluding hydrogens is 1190 g/mol. The highest BCUT2D eigenvalue weighted by Gasteiger charge is 2.25. The van der Waals surface area contributed by atoms with Crippen molar-refractivity contribution < 1.29 is 4.74 Å². The zero-order valence-electron chi connectivity index (χ0n) is 68.2. The maximum atomic E-state index is 5.21. The van der Waals surface area contributed by atoms with Gasteiger partial charge in [-0.25, -0.2) is 4.98 Å². The van der Waals surface area contributed by atoms with Crippen LogP contribution in [-0.2, 0) is 4.74 Å². The van der Waals surface area contributed by atoms with Gasteiger partial charge < -0.3 is 40.3 Å². The number of morpholine rings is 1. The van der Waals surface area contributed by atoms with Crippen molar-refractivity contribution >= 4 is 0 Å². The Balaban J connectivity index is 0.000000534. The first-order valence-corrected chi connectivity index (χ1v) is 39.6. The Hall–Kier alpha value is -2.27. The van der Waals surface area contributed by atoms with Gasteiger partial charge in [0.2, 0.25) is 0 Å². The third-order valence-corrected chi connectivity index (χ3v) is 21.0. The van der Waals surface area contributed by atoms with Crippen LogP contribution in [0.3, 0.4) is 0 Å². The number of H-pyrrole nitrogens is 1. The highest BCUT2D eigenvalue weighted by Crippen LogP contribution is 2.25. The van der Waals surface area contributed by atoms with E-state index < -0.39 is 0 Å². The molecule has 4 atom stereocenters. The molecule has 2 aromatic rings. The summed E-state index contributed by atoms with van der Waals surface area (Å²) < 4.78 is 7.01. The van der Waals surface area contributed by atoms with Crippen molar-refractivity contribution in [2.45, 2.75) is 266 Å². The maximum absolute atomic E-state index is 5.21. The van der Waals surface area contributed by atoms with Gasteiger partial charge in [-0.15, -0.1) is 10.2 Å². The molecule has 8 aliphatic heterocycles. The first-order chi connectivity index (χ1) is 45.5. The van der Waals surface area contributed by atoms with Crippen molar-refractivity contribution in [2.75, 3.05) is 171 Å². The standard InChI is InChI=1S/C10H21N.2C9H20N2.2C9H19N.C8H17N.C7H16N2.C7H15NO.C5H9N3.C4H8N4/c1-4-11-7-5-6-10(8-11)9(2)3;1-7(2)11-5-8(3)10-9(4)6-11;1-4-10-5-7-11(8-6-10)9(2)3;1-8(2)9-4-6-10(3)7-5-9;1-8(2)9-5-4-6-10(3)7-9;1-7(2)8-3-5-9-6-4-8;1-7(2)9-5-3-8-4-6-9;1-7(2)8-3-5-9-6-4-8;1-5(2)8-4-6-3-7-8;1-3(2)4-5-7-8-6-4/h9-10H,4-8H2,1-3H3;7-10H,5-6H2,1-4H3;9H,4-8H2,1-3H3;2*8-9H,4-7H2,1-3H3;7-9H,3-6H2,1-2H3;7-8H,3-6H2,1-2H3;7H,3-6H2,1-2H3;3-5H,1-2H3;3H,1-2H3,(H,5,6,7,8). The third-order valence-electron chi connectivity index (χ3n) is 21.0. The van der Waals surface area contributed by atoms with Crippen LogP contribution >= 0.6 is 0 Å². The van der Waals surface area contributed by atoms with Gasteiger partial charge in [-0.3, -0.25) is 24.3 Å². The molecule has 0 bridgehead atoms. The summed E-state index contributed by atoms with van der Waals surface area (Å²) in [7, 11) is 4.45. The number of piperidine rings is 4. The Morgan fingerprint density at radius 1 is 0.448 bits per heavy atom. The van der Waals surface area contributed by atoms with E-state index in [1.54, 1.807) is 17.3 Å². The van der Waals surface area contributed by atoms with E-state index in [9.17, 15) is 0 Å². The molecule has 8 aliphatic rings. The first-order valence-electron chi connectivity index (χ1n) is 39.6. The fourth-order valence-electron chi connectivity index (χ4n) is 13.5. The smallest absolute Gasteiger partial charge is 0.177 e. The molecule has 19 nitrogen and oxygen atoms in total. The fourth-order valence-corrected chi connectivity index (χ4v) is 13.5. The number of piperazine rings is 3. The lowest BCUT2D eigenvalue weighted by atomic mass is 9.87. The average Bonchev–Trinajstić information content (AvgIpc) is 2.94. The van der Waals surface area contributed by atoms with Crippen molar-refractivity contribution in [3.8, 4) is 0 Å². The Bertz CT molecular complexity index is 1870.